The molecular formula is C21H31N3O4. The SMILES string of the molecule is COc1cc(/C=N\N2[C@H](C)CCC[C@H]2C)ccc1OCC(=O)N1CCOCC1. The van der Waals surface area contributed by atoms with Gasteiger partial charge in [0.2, 0.25) is 0 Å². The van der Waals surface area contributed by atoms with Gasteiger partial charge in [-0.1, -0.05) is 0 Å². The predicted octanol–water partition coefficient (Wildman–Crippen LogP) is 2.53. The molecule has 2 aliphatic rings. The maximum Gasteiger partial charge on any atom is 0.260 e. The van der Waals surface area contributed by atoms with E-state index in [1.165, 1.54) is 19.3 Å². The van der Waals surface area contributed by atoms with Gasteiger partial charge in [0.25, 0.3) is 5.91 Å². The highest BCUT2D eigenvalue weighted by Crippen LogP contribution is 2.28. The number of carbonyl (C=O) groups excluding carboxylic acids is 1. The Hall–Kier alpha value is -2.28. The molecule has 3 rings (SSSR count). The van der Waals surface area contributed by atoms with E-state index < -0.39 is 0 Å². The number of hydrogen-bond acceptors (Lipinski definition) is 6. The van der Waals surface area contributed by atoms with Crippen LogP contribution in [0.15, 0.2) is 23.3 Å². The number of hydrogen-bond donors (Lipinski definition) is 0. The van der Waals surface area contributed by atoms with Crippen LogP contribution in [0.5, 0.6) is 11.5 Å². The summed E-state index contributed by atoms with van der Waals surface area (Å²) in [6.07, 6.45) is 5.48. The van der Waals surface area contributed by atoms with E-state index in [9.17, 15) is 4.79 Å². The topological polar surface area (TPSA) is 63.6 Å². The van der Waals surface area contributed by atoms with Crippen LogP contribution in [0.4, 0.5) is 0 Å². The van der Waals surface area contributed by atoms with E-state index in [0.29, 0.717) is 49.9 Å². The van der Waals surface area contributed by atoms with E-state index in [-0.39, 0.29) is 12.5 Å². The number of morpholine rings is 1. The minimum Gasteiger partial charge on any atom is -0.493 e. The van der Waals surface area contributed by atoms with Gasteiger partial charge in [0, 0.05) is 25.2 Å². The van der Waals surface area contributed by atoms with Gasteiger partial charge < -0.3 is 19.1 Å². The lowest BCUT2D eigenvalue weighted by Gasteiger charge is -2.36. The lowest BCUT2D eigenvalue weighted by atomic mass is 10.00. The Morgan fingerprint density at radius 3 is 2.61 bits per heavy atom. The second kappa shape index (κ2) is 9.78. The van der Waals surface area contributed by atoms with Gasteiger partial charge in [-0.2, -0.15) is 5.10 Å². The Morgan fingerprint density at radius 1 is 1.21 bits per heavy atom. The zero-order chi connectivity index (χ0) is 19.9. The number of hydrazone groups is 1. The number of methoxy groups -OCH3 is 1. The van der Waals surface area contributed by atoms with Crippen molar-refractivity contribution in [1.82, 2.24) is 9.91 Å². The standard InChI is InChI=1S/C21H31N3O4/c1-16-5-4-6-17(2)24(16)22-14-18-7-8-19(20(13-18)26-3)28-15-21(25)23-9-11-27-12-10-23/h7-8,13-14,16-17H,4-6,9-12,15H2,1-3H3/b22-14-/t16-,17-/m1/s1. The summed E-state index contributed by atoms with van der Waals surface area (Å²) in [5.74, 6) is 1.11. The molecule has 2 fully saturated rings. The average Bonchev–Trinajstić information content (AvgIpc) is 2.72. The molecule has 0 spiro atoms. The van der Waals surface area contributed by atoms with Crippen LogP contribution in [0.25, 0.3) is 0 Å². The summed E-state index contributed by atoms with van der Waals surface area (Å²) < 4.78 is 16.4. The van der Waals surface area contributed by atoms with Crippen molar-refractivity contribution in [3.63, 3.8) is 0 Å². The van der Waals surface area contributed by atoms with Gasteiger partial charge in [0.15, 0.2) is 18.1 Å². The Morgan fingerprint density at radius 2 is 1.93 bits per heavy atom. The fourth-order valence-electron chi connectivity index (χ4n) is 3.70. The van der Waals surface area contributed by atoms with Crippen LogP contribution in [-0.4, -0.2) is 74.1 Å². The van der Waals surface area contributed by atoms with Crippen LogP contribution in [0, 0.1) is 0 Å². The molecular weight excluding hydrogens is 358 g/mol. The van der Waals surface area contributed by atoms with E-state index in [0.717, 1.165) is 5.56 Å². The van der Waals surface area contributed by atoms with Gasteiger partial charge >= 0.3 is 0 Å². The maximum atomic E-state index is 12.3. The Bertz CT molecular complexity index is 678. The highest BCUT2D eigenvalue weighted by molar-refractivity contribution is 5.81. The van der Waals surface area contributed by atoms with E-state index in [1.807, 2.05) is 24.4 Å². The molecule has 2 saturated heterocycles. The Kier molecular flexibility index (Phi) is 7.14. The summed E-state index contributed by atoms with van der Waals surface area (Å²) in [7, 11) is 1.60. The predicted molar refractivity (Wildman–Crippen MR) is 108 cm³/mol. The zero-order valence-corrected chi connectivity index (χ0v) is 17.1. The van der Waals surface area contributed by atoms with Gasteiger partial charge in [0.1, 0.15) is 0 Å². The first-order valence-corrected chi connectivity index (χ1v) is 10.1. The molecule has 7 nitrogen and oxygen atoms in total. The van der Waals surface area contributed by atoms with Crippen molar-refractivity contribution in [2.24, 2.45) is 5.10 Å². The normalized spacial score (nSPS) is 23.1. The van der Waals surface area contributed by atoms with Crippen LogP contribution in [0.1, 0.15) is 38.7 Å². The molecule has 0 radical (unpaired) electrons. The van der Waals surface area contributed by atoms with Gasteiger partial charge in [-0.3, -0.25) is 9.80 Å². The highest BCUT2D eigenvalue weighted by Gasteiger charge is 2.23. The second-order valence-electron chi connectivity index (χ2n) is 7.45. The molecule has 2 heterocycles. The lowest BCUT2D eigenvalue weighted by molar-refractivity contribution is -0.137. The van der Waals surface area contributed by atoms with E-state index >= 15 is 0 Å². The average molecular weight is 389 g/mol. The third kappa shape index (κ3) is 5.16. The smallest absolute Gasteiger partial charge is 0.260 e. The Balaban J connectivity index is 1.61. The van der Waals surface area contributed by atoms with Crippen molar-refractivity contribution < 1.29 is 19.0 Å². The first kappa shape index (κ1) is 20.5. The van der Waals surface area contributed by atoms with Crippen LogP contribution >= 0.6 is 0 Å². The molecule has 1 aromatic carbocycles. The molecule has 7 heteroatoms. The Labute approximate surface area is 167 Å². The van der Waals surface area contributed by atoms with Crippen molar-refractivity contribution in [1.29, 1.82) is 0 Å². The molecule has 0 bridgehead atoms. The van der Waals surface area contributed by atoms with Crippen LogP contribution in [-0.2, 0) is 9.53 Å². The third-order valence-electron chi connectivity index (χ3n) is 5.39. The van der Waals surface area contributed by atoms with Crippen molar-refractivity contribution in [3.05, 3.63) is 23.8 Å². The number of piperidine rings is 1. The zero-order valence-electron chi connectivity index (χ0n) is 17.1. The highest BCUT2D eigenvalue weighted by atomic mass is 16.5. The minimum atomic E-state index is -0.0379. The van der Waals surface area contributed by atoms with Crippen molar-refractivity contribution >= 4 is 12.1 Å². The largest absolute Gasteiger partial charge is 0.493 e. The summed E-state index contributed by atoms with van der Waals surface area (Å²) in [6, 6.07) is 6.55. The molecule has 1 aromatic rings. The van der Waals surface area contributed by atoms with Crippen LogP contribution in [0.3, 0.4) is 0 Å². The lowest BCUT2D eigenvalue weighted by Crippen LogP contribution is -2.43. The monoisotopic (exact) mass is 389 g/mol. The molecule has 0 N–H and O–H groups in total. The van der Waals surface area contributed by atoms with Crippen molar-refractivity contribution in [2.75, 3.05) is 40.0 Å². The van der Waals surface area contributed by atoms with Gasteiger partial charge in [-0.25, -0.2) is 0 Å². The van der Waals surface area contributed by atoms with Crippen LogP contribution in [0.2, 0.25) is 0 Å². The molecule has 2 aliphatic heterocycles. The fourth-order valence-corrected chi connectivity index (χ4v) is 3.70. The summed E-state index contributed by atoms with van der Waals surface area (Å²) in [5, 5.41) is 6.88. The first-order valence-electron chi connectivity index (χ1n) is 10.1. The number of nitrogens with zero attached hydrogens (tertiary/aromatic N) is 3. The van der Waals surface area contributed by atoms with E-state index in [4.69, 9.17) is 19.3 Å². The molecule has 154 valence electrons. The number of carbonyl (C=O) groups is 1. The summed E-state index contributed by atoms with van der Waals surface area (Å²) >= 11 is 0. The first-order chi connectivity index (χ1) is 13.6. The van der Waals surface area contributed by atoms with Crippen LogP contribution < -0.4 is 9.47 Å². The molecule has 0 unspecified atom stereocenters. The van der Waals surface area contributed by atoms with Crippen molar-refractivity contribution in [3.8, 4) is 11.5 Å². The quantitative estimate of drug-likeness (QED) is 0.700. The number of ether oxygens (including phenoxy) is 3. The van der Waals surface area contributed by atoms with Gasteiger partial charge in [-0.05, 0) is 56.9 Å². The molecule has 0 aliphatic carbocycles. The van der Waals surface area contributed by atoms with E-state index in [1.54, 1.807) is 12.0 Å². The summed E-state index contributed by atoms with van der Waals surface area (Å²) in [4.78, 5) is 14.0. The summed E-state index contributed by atoms with van der Waals surface area (Å²) in [6.45, 7) is 6.82. The maximum absolute atomic E-state index is 12.3. The minimum absolute atomic E-state index is 0.00734. The number of benzene rings is 1. The molecule has 1 amide bonds. The van der Waals surface area contributed by atoms with Gasteiger partial charge in [-0.15, -0.1) is 0 Å². The molecule has 0 aromatic heterocycles. The third-order valence-corrected chi connectivity index (χ3v) is 5.39. The molecule has 2 atom stereocenters. The van der Waals surface area contributed by atoms with Crippen molar-refractivity contribution in [2.45, 2.75) is 45.2 Å². The molecule has 28 heavy (non-hydrogen) atoms. The number of rotatable bonds is 6. The number of amides is 1. The second-order valence-corrected chi connectivity index (χ2v) is 7.45. The van der Waals surface area contributed by atoms with Gasteiger partial charge in [0.05, 0.1) is 26.5 Å². The molecule has 0 saturated carbocycles. The fraction of sp³-hybridized carbons (Fsp3) is 0.619. The van der Waals surface area contributed by atoms with E-state index in [2.05, 4.69) is 18.9 Å². The summed E-state index contributed by atoms with van der Waals surface area (Å²) in [5.41, 5.74) is 0.939.